The minimum absolute atomic E-state index is 0.113. The van der Waals surface area contributed by atoms with Gasteiger partial charge in [-0.3, -0.25) is 9.59 Å². The summed E-state index contributed by atoms with van der Waals surface area (Å²) in [5.74, 6) is -0.485. The molecule has 2 aliphatic rings. The molecule has 2 amide bonds. The Morgan fingerprint density at radius 2 is 1.55 bits per heavy atom. The number of anilines is 1. The Bertz CT molecular complexity index is 607. The number of amides is 2. The molecule has 3 rings (SSSR count). The van der Waals surface area contributed by atoms with Crippen LogP contribution in [0.1, 0.15) is 24.0 Å². The molecule has 1 fully saturated rings. The standard InChI is InChI=1S/C16H17NO3/c1-9-8-14(18)10(2)7-13(9)17-15(19)11-5-3-4-6-12(11)16(17)20/h3-4,7-8,11-12,18H,5-6H2,1-2H3/t11-,12+. The summed E-state index contributed by atoms with van der Waals surface area (Å²) in [6.45, 7) is 3.56. The minimum Gasteiger partial charge on any atom is -0.508 e. The molecule has 1 aliphatic heterocycles. The second-order valence-electron chi connectivity index (χ2n) is 5.59. The molecule has 1 aliphatic carbocycles. The van der Waals surface area contributed by atoms with Crippen molar-refractivity contribution in [2.24, 2.45) is 11.8 Å². The Kier molecular flexibility index (Phi) is 2.89. The van der Waals surface area contributed by atoms with Crippen molar-refractivity contribution in [3.63, 3.8) is 0 Å². The smallest absolute Gasteiger partial charge is 0.238 e. The van der Waals surface area contributed by atoms with Crippen molar-refractivity contribution < 1.29 is 14.7 Å². The summed E-state index contributed by atoms with van der Waals surface area (Å²) in [4.78, 5) is 26.3. The lowest BCUT2D eigenvalue weighted by Crippen LogP contribution is -2.31. The highest BCUT2D eigenvalue weighted by atomic mass is 16.3. The summed E-state index contributed by atoms with van der Waals surface area (Å²) in [6.07, 6.45) is 5.24. The quantitative estimate of drug-likeness (QED) is 0.630. The lowest BCUT2D eigenvalue weighted by atomic mass is 9.85. The van der Waals surface area contributed by atoms with Crippen molar-refractivity contribution in [2.45, 2.75) is 26.7 Å². The molecule has 2 atom stereocenters. The van der Waals surface area contributed by atoms with Gasteiger partial charge in [0.15, 0.2) is 0 Å². The second kappa shape index (κ2) is 4.47. The van der Waals surface area contributed by atoms with Crippen molar-refractivity contribution >= 4 is 17.5 Å². The summed E-state index contributed by atoms with van der Waals surface area (Å²) in [7, 11) is 0. The summed E-state index contributed by atoms with van der Waals surface area (Å²) >= 11 is 0. The number of phenols is 1. The molecule has 0 saturated carbocycles. The number of phenolic OH excluding ortho intramolecular Hbond substituents is 1. The zero-order valence-electron chi connectivity index (χ0n) is 11.6. The number of fused-ring (bicyclic) bond motifs is 1. The Morgan fingerprint density at radius 1 is 1.00 bits per heavy atom. The molecule has 0 radical (unpaired) electrons. The van der Waals surface area contributed by atoms with Crippen LogP contribution in [-0.4, -0.2) is 16.9 Å². The van der Waals surface area contributed by atoms with Gasteiger partial charge in [-0.1, -0.05) is 12.2 Å². The fourth-order valence-corrected chi connectivity index (χ4v) is 3.06. The molecule has 0 spiro atoms. The first-order valence-corrected chi connectivity index (χ1v) is 6.83. The third-order valence-corrected chi connectivity index (χ3v) is 4.26. The van der Waals surface area contributed by atoms with Crippen LogP contribution in [0.15, 0.2) is 24.3 Å². The topological polar surface area (TPSA) is 57.6 Å². The third kappa shape index (κ3) is 1.75. The van der Waals surface area contributed by atoms with Crippen LogP contribution < -0.4 is 4.90 Å². The molecular weight excluding hydrogens is 254 g/mol. The molecule has 1 N–H and O–H groups in total. The number of benzene rings is 1. The maximum absolute atomic E-state index is 12.5. The van der Waals surface area contributed by atoms with E-state index < -0.39 is 0 Å². The van der Waals surface area contributed by atoms with E-state index in [9.17, 15) is 14.7 Å². The van der Waals surface area contributed by atoms with Gasteiger partial charge in [-0.2, -0.15) is 0 Å². The van der Waals surface area contributed by atoms with E-state index in [4.69, 9.17) is 0 Å². The molecule has 4 nitrogen and oxygen atoms in total. The summed E-state index contributed by atoms with van der Waals surface area (Å²) in [6, 6.07) is 3.32. The van der Waals surface area contributed by atoms with Crippen LogP contribution in [0.5, 0.6) is 5.75 Å². The molecule has 1 saturated heterocycles. The molecule has 1 aromatic rings. The number of rotatable bonds is 1. The van der Waals surface area contributed by atoms with Crippen molar-refractivity contribution in [2.75, 3.05) is 4.90 Å². The van der Waals surface area contributed by atoms with Gasteiger partial charge < -0.3 is 5.11 Å². The molecule has 0 bridgehead atoms. The van der Waals surface area contributed by atoms with Gasteiger partial charge >= 0.3 is 0 Å². The number of nitrogens with zero attached hydrogens (tertiary/aromatic N) is 1. The molecule has 1 heterocycles. The van der Waals surface area contributed by atoms with E-state index in [0.717, 1.165) is 5.56 Å². The van der Waals surface area contributed by atoms with Crippen LogP contribution in [0, 0.1) is 25.7 Å². The monoisotopic (exact) mass is 271 g/mol. The maximum Gasteiger partial charge on any atom is 0.238 e. The zero-order chi connectivity index (χ0) is 14.4. The number of aromatic hydroxyl groups is 1. The van der Waals surface area contributed by atoms with Gasteiger partial charge in [0.25, 0.3) is 0 Å². The first kappa shape index (κ1) is 12.9. The van der Waals surface area contributed by atoms with Gasteiger partial charge in [-0.05, 0) is 49.9 Å². The Balaban J connectivity index is 2.05. The van der Waals surface area contributed by atoms with Crippen LogP contribution in [0.25, 0.3) is 0 Å². The van der Waals surface area contributed by atoms with Gasteiger partial charge in [0.05, 0.1) is 17.5 Å². The largest absolute Gasteiger partial charge is 0.508 e. The SMILES string of the molecule is Cc1cc(N2C(=O)[C@H]3CC=CC[C@H]3C2=O)c(C)cc1O. The molecule has 0 unspecified atom stereocenters. The van der Waals surface area contributed by atoms with Crippen molar-refractivity contribution in [3.05, 3.63) is 35.4 Å². The van der Waals surface area contributed by atoms with E-state index in [1.165, 1.54) is 4.90 Å². The molecule has 4 heteroatoms. The van der Waals surface area contributed by atoms with Crippen LogP contribution in [0.3, 0.4) is 0 Å². The number of imide groups is 1. The van der Waals surface area contributed by atoms with E-state index in [0.29, 0.717) is 24.1 Å². The van der Waals surface area contributed by atoms with Crippen molar-refractivity contribution in [1.82, 2.24) is 0 Å². The number of hydrogen-bond acceptors (Lipinski definition) is 3. The Labute approximate surface area is 117 Å². The van der Waals surface area contributed by atoms with Gasteiger partial charge in [0.1, 0.15) is 5.75 Å². The van der Waals surface area contributed by atoms with Gasteiger partial charge in [0, 0.05) is 0 Å². The van der Waals surface area contributed by atoms with Crippen LogP contribution in [0.4, 0.5) is 5.69 Å². The Morgan fingerprint density at radius 3 is 2.10 bits per heavy atom. The average Bonchev–Trinajstić information content (AvgIpc) is 2.68. The lowest BCUT2D eigenvalue weighted by Gasteiger charge is -2.18. The van der Waals surface area contributed by atoms with Gasteiger partial charge in [-0.25, -0.2) is 4.90 Å². The highest BCUT2D eigenvalue weighted by Crippen LogP contribution is 2.39. The number of hydrogen-bond donors (Lipinski definition) is 1. The fourth-order valence-electron chi connectivity index (χ4n) is 3.06. The zero-order valence-corrected chi connectivity index (χ0v) is 11.6. The van der Waals surface area contributed by atoms with Gasteiger partial charge in [0.2, 0.25) is 11.8 Å². The number of carbonyl (C=O) groups excluding carboxylic acids is 2. The number of allylic oxidation sites excluding steroid dienone is 2. The van der Waals surface area contributed by atoms with E-state index in [1.807, 2.05) is 12.2 Å². The van der Waals surface area contributed by atoms with E-state index >= 15 is 0 Å². The van der Waals surface area contributed by atoms with Crippen molar-refractivity contribution in [3.8, 4) is 5.75 Å². The minimum atomic E-state index is -0.221. The summed E-state index contributed by atoms with van der Waals surface area (Å²) in [5.41, 5.74) is 2.00. The molecule has 0 aromatic heterocycles. The van der Waals surface area contributed by atoms with Crippen LogP contribution in [-0.2, 0) is 9.59 Å². The second-order valence-corrected chi connectivity index (χ2v) is 5.59. The van der Waals surface area contributed by atoms with Gasteiger partial charge in [-0.15, -0.1) is 0 Å². The molecule has 20 heavy (non-hydrogen) atoms. The van der Waals surface area contributed by atoms with Crippen LogP contribution in [0.2, 0.25) is 0 Å². The molecular formula is C16H17NO3. The van der Waals surface area contributed by atoms with E-state index in [-0.39, 0.29) is 29.4 Å². The summed E-state index contributed by atoms with van der Waals surface area (Å²) in [5, 5.41) is 9.71. The maximum atomic E-state index is 12.5. The highest BCUT2D eigenvalue weighted by Gasteiger charge is 2.48. The highest BCUT2D eigenvalue weighted by molar-refractivity contribution is 6.22. The van der Waals surface area contributed by atoms with E-state index in [2.05, 4.69) is 0 Å². The van der Waals surface area contributed by atoms with Crippen LogP contribution >= 0.6 is 0 Å². The lowest BCUT2D eigenvalue weighted by molar-refractivity contribution is -0.122. The summed E-state index contributed by atoms with van der Waals surface area (Å²) < 4.78 is 0. The molecule has 1 aromatic carbocycles. The third-order valence-electron chi connectivity index (χ3n) is 4.26. The Hall–Kier alpha value is -2.10. The first-order chi connectivity index (χ1) is 9.50. The number of carbonyl (C=O) groups is 2. The first-order valence-electron chi connectivity index (χ1n) is 6.83. The van der Waals surface area contributed by atoms with E-state index in [1.54, 1.807) is 26.0 Å². The number of aryl methyl sites for hydroxylation is 2. The average molecular weight is 271 g/mol. The predicted octanol–water partition coefficient (Wildman–Crippen LogP) is 2.46. The molecule has 104 valence electrons. The fraction of sp³-hybridized carbons (Fsp3) is 0.375. The van der Waals surface area contributed by atoms with Crippen molar-refractivity contribution in [1.29, 1.82) is 0 Å². The predicted molar refractivity (Wildman–Crippen MR) is 75.4 cm³/mol. The normalized spacial score (nSPS) is 25.2.